The number of halogens is 1. The van der Waals surface area contributed by atoms with E-state index in [4.69, 9.17) is 16.3 Å². The minimum absolute atomic E-state index is 0.134. The van der Waals surface area contributed by atoms with Gasteiger partial charge in [0.1, 0.15) is 17.2 Å². The summed E-state index contributed by atoms with van der Waals surface area (Å²) in [5, 5.41) is 12.5. The molecule has 0 spiro atoms. The van der Waals surface area contributed by atoms with E-state index in [0.717, 1.165) is 24.8 Å². The monoisotopic (exact) mass is 427 g/mol. The summed E-state index contributed by atoms with van der Waals surface area (Å²) < 4.78 is 5.85. The number of hydrogen-bond donors (Lipinski definition) is 2. The van der Waals surface area contributed by atoms with Gasteiger partial charge in [0.05, 0.1) is 5.02 Å². The van der Waals surface area contributed by atoms with E-state index in [2.05, 4.69) is 5.32 Å². The highest BCUT2D eigenvalue weighted by Crippen LogP contribution is 2.31. The molecule has 0 bridgehead atoms. The van der Waals surface area contributed by atoms with Crippen LogP contribution in [0.4, 0.5) is 0 Å². The molecule has 30 heavy (non-hydrogen) atoms. The van der Waals surface area contributed by atoms with Gasteiger partial charge in [-0.15, -0.1) is 0 Å². The van der Waals surface area contributed by atoms with Crippen LogP contribution in [0.5, 0.6) is 11.5 Å². The van der Waals surface area contributed by atoms with Crippen molar-refractivity contribution in [2.75, 3.05) is 0 Å². The normalized spacial score (nSPS) is 14.5. The molecule has 0 saturated heterocycles. The number of carboxylic acids is 1. The van der Waals surface area contributed by atoms with E-state index in [1.807, 2.05) is 19.1 Å². The first-order chi connectivity index (χ1) is 14.4. The maximum atomic E-state index is 12.2. The van der Waals surface area contributed by atoms with Crippen LogP contribution >= 0.6 is 11.6 Å². The standard InChI is InChI=1S/C24H26ClNO4/c1-16-14-18(10-12-21(16)30-22-9-5-4-8-19(22)25)15-20(24(28)29)26-23(27)13-11-17-6-2-3-7-17/h4-5,8-10,12,14-15,17H,2-3,6-7,11,13H2,1H3,(H,26,27)(H,28,29)/b20-15-. The van der Waals surface area contributed by atoms with Crippen LogP contribution < -0.4 is 10.1 Å². The quantitative estimate of drug-likeness (QED) is 0.510. The Balaban J connectivity index is 1.67. The number of carbonyl (C=O) groups excluding carboxylic acids is 1. The van der Waals surface area contributed by atoms with E-state index < -0.39 is 5.97 Å². The summed E-state index contributed by atoms with van der Waals surface area (Å²) in [4.78, 5) is 23.8. The smallest absolute Gasteiger partial charge is 0.352 e. The van der Waals surface area contributed by atoms with Crippen molar-refractivity contribution >= 4 is 29.6 Å². The molecule has 3 rings (SSSR count). The number of nitrogens with one attached hydrogen (secondary N) is 1. The number of amides is 1. The lowest BCUT2D eigenvalue weighted by Crippen LogP contribution is -2.27. The summed E-state index contributed by atoms with van der Waals surface area (Å²) in [5.74, 6) is 0.328. The van der Waals surface area contributed by atoms with Crippen molar-refractivity contribution in [1.82, 2.24) is 5.32 Å². The molecule has 2 aromatic rings. The fourth-order valence-corrected chi connectivity index (χ4v) is 3.86. The maximum Gasteiger partial charge on any atom is 0.352 e. The summed E-state index contributed by atoms with van der Waals surface area (Å²) in [5.41, 5.74) is 1.35. The summed E-state index contributed by atoms with van der Waals surface area (Å²) in [6, 6.07) is 12.5. The number of benzene rings is 2. The highest BCUT2D eigenvalue weighted by Gasteiger charge is 2.18. The summed E-state index contributed by atoms with van der Waals surface area (Å²) >= 11 is 6.14. The molecule has 0 unspecified atom stereocenters. The molecule has 6 heteroatoms. The number of aliphatic carboxylic acids is 1. The van der Waals surface area contributed by atoms with Crippen molar-refractivity contribution in [2.24, 2.45) is 5.92 Å². The maximum absolute atomic E-state index is 12.2. The molecule has 0 radical (unpaired) electrons. The lowest BCUT2D eigenvalue weighted by Gasteiger charge is -2.12. The van der Waals surface area contributed by atoms with Crippen LogP contribution in [-0.2, 0) is 9.59 Å². The lowest BCUT2D eigenvalue weighted by molar-refractivity contribution is -0.134. The number of carbonyl (C=O) groups is 2. The van der Waals surface area contributed by atoms with Crippen LogP contribution in [0.3, 0.4) is 0 Å². The van der Waals surface area contributed by atoms with Gasteiger partial charge in [0, 0.05) is 6.42 Å². The third kappa shape index (κ3) is 6.10. The van der Waals surface area contributed by atoms with E-state index in [9.17, 15) is 14.7 Å². The molecule has 2 aromatic carbocycles. The lowest BCUT2D eigenvalue weighted by atomic mass is 10.0. The Hall–Kier alpha value is -2.79. The average molecular weight is 428 g/mol. The Kier molecular flexibility index (Phi) is 7.52. The van der Waals surface area contributed by atoms with E-state index in [0.29, 0.717) is 34.4 Å². The number of para-hydroxylation sites is 1. The minimum Gasteiger partial charge on any atom is -0.477 e. The van der Waals surface area contributed by atoms with Gasteiger partial charge in [-0.05, 0) is 60.7 Å². The molecule has 1 fully saturated rings. The Morgan fingerprint density at radius 2 is 1.90 bits per heavy atom. The van der Waals surface area contributed by atoms with Crippen molar-refractivity contribution in [1.29, 1.82) is 0 Å². The predicted octanol–water partition coefficient (Wildman–Crippen LogP) is 5.95. The fraction of sp³-hybridized carbons (Fsp3) is 0.333. The second-order valence-electron chi connectivity index (χ2n) is 7.66. The number of aryl methyl sites for hydroxylation is 1. The highest BCUT2D eigenvalue weighted by molar-refractivity contribution is 6.32. The molecule has 0 heterocycles. The third-order valence-electron chi connectivity index (χ3n) is 5.33. The van der Waals surface area contributed by atoms with Crippen molar-refractivity contribution in [3.63, 3.8) is 0 Å². The first kappa shape index (κ1) is 21.9. The topological polar surface area (TPSA) is 75.6 Å². The second-order valence-corrected chi connectivity index (χ2v) is 8.07. The third-order valence-corrected chi connectivity index (χ3v) is 5.64. The molecule has 0 atom stereocenters. The van der Waals surface area contributed by atoms with Gasteiger partial charge in [0.25, 0.3) is 0 Å². The number of rotatable bonds is 8. The van der Waals surface area contributed by atoms with Crippen LogP contribution in [0.1, 0.15) is 49.7 Å². The molecular weight excluding hydrogens is 402 g/mol. The summed E-state index contributed by atoms with van der Waals surface area (Å²) in [6.45, 7) is 1.87. The van der Waals surface area contributed by atoms with E-state index in [1.165, 1.54) is 18.9 Å². The Bertz CT molecular complexity index is 948. The van der Waals surface area contributed by atoms with Gasteiger partial charge in [-0.1, -0.05) is 55.5 Å². The van der Waals surface area contributed by atoms with Gasteiger partial charge in [-0.25, -0.2) is 4.79 Å². The molecular formula is C24H26ClNO4. The SMILES string of the molecule is Cc1cc(/C=C(\NC(=O)CCC2CCCC2)C(=O)O)ccc1Oc1ccccc1Cl. The van der Waals surface area contributed by atoms with Crippen molar-refractivity contribution in [3.05, 3.63) is 64.3 Å². The van der Waals surface area contributed by atoms with Gasteiger partial charge in [0.2, 0.25) is 5.91 Å². The molecule has 1 saturated carbocycles. The van der Waals surface area contributed by atoms with Gasteiger partial charge >= 0.3 is 5.97 Å². The van der Waals surface area contributed by atoms with Crippen molar-refractivity contribution in [2.45, 2.75) is 45.4 Å². The Morgan fingerprint density at radius 3 is 2.57 bits per heavy atom. The molecule has 0 aromatic heterocycles. The largest absolute Gasteiger partial charge is 0.477 e. The fourth-order valence-electron chi connectivity index (χ4n) is 3.69. The number of carboxylic acid groups (broad SMARTS) is 1. The predicted molar refractivity (Wildman–Crippen MR) is 118 cm³/mol. The van der Waals surface area contributed by atoms with Crippen LogP contribution in [-0.4, -0.2) is 17.0 Å². The zero-order valence-corrected chi connectivity index (χ0v) is 17.7. The molecule has 1 aliphatic carbocycles. The Morgan fingerprint density at radius 1 is 1.17 bits per heavy atom. The van der Waals surface area contributed by atoms with Gasteiger partial charge < -0.3 is 15.2 Å². The van der Waals surface area contributed by atoms with E-state index >= 15 is 0 Å². The number of ether oxygens (including phenoxy) is 1. The second kappa shape index (κ2) is 10.3. The first-order valence-corrected chi connectivity index (χ1v) is 10.6. The number of hydrogen-bond acceptors (Lipinski definition) is 3. The zero-order valence-electron chi connectivity index (χ0n) is 17.0. The molecule has 2 N–H and O–H groups in total. The average Bonchev–Trinajstić information content (AvgIpc) is 3.23. The molecule has 5 nitrogen and oxygen atoms in total. The molecule has 158 valence electrons. The van der Waals surface area contributed by atoms with Crippen LogP contribution in [0.15, 0.2) is 48.2 Å². The Labute approximate surface area is 181 Å². The molecule has 1 aliphatic rings. The molecule has 1 amide bonds. The van der Waals surface area contributed by atoms with Crippen molar-refractivity contribution < 1.29 is 19.4 Å². The van der Waals surface area contributed by atoms with Crippen LogP contribution in [0.2, 0.25) is 5.02 Å². The summed E-state index contributed by atoms with van der Waals surface area (Å²) in [6.07, 6.45) is 7.39. The summed E-state index contributed by atoms with van der Waals surface area (Å²) in [7, 11) is 0. The highest BCUT2D eigenvalue weighted by atomic mass is 35.5. The van der Waals surface area contributed by atoms with Crippen molar-refractivity contribution in [3.8, 4) is 11.5 Å². The van der Waals surface area contributed by atoms with Gasteiger partial charge in [-0.3, -0.25) is 4.79 Å². The molecule has 0 aliphatic heterocycles. The minimum atomic E-state index is -1.17. The van der Waals surface area contributed by atoms with Gasteiger partial charge in [0.15, 0.2) is 0 Å². The van der Waals surface area contributed by atoms with E-state index in [1.54, 1.807) is 30.3 Å². The van der Waals surface area contributed by atoms with Gasteiger partial charge in [-0.2, -0.15) is 0 Å². The van der Waals surface area contributed by atoms with Crippen LogP contribution in [0.25, 0.3) is 6.08 Å². The van der Waals surface area contributed by atoms with E-state index in [-0.39, 0.29) is 11.6 Å². The zero-order chi connectivity index (χ0) is 21.5. The van der Waals surface area contributed by atoms with Crippen LogP contribution in [0, 0.1) is 12.8 Å². The first-order valence-electron chi connectivity index (χ1n) is 10.2.